The van der Waals surface area contributed by atoms with Gasteiger partial charge in [0, 0.05) is 66.9 Å². The van der Waals surface area contributed by atoms with Crippen molar-refractivity contribution in [1.29, 1.82) is 0 Å². The molecule has 0 amide bonds. The summed E-state index contributed by atoms with van der Waals surface area (Å²) < 4.78 is 0. The van der Waals surface area contributed by atoms with E-state index in [2.05, 4.69) is 44.5 Å². The molecule has 5 rings (SSSR count). The maximum absolute atomic E-state index is 6.11. The van der Waals surface area contributed by atoms with Gasteiger partial charge in [0.2, 0.25) is 5.95 Å². The minimum atomic E-state index is 0.699. The summed E-state index contributed by atoms with van der Waals surface area (Å²) in [5, 5.41) is 9.93. The number of fused-ring (bicyclic) bond motifs is 2. The number of piperazine rings is 1. The molecule has 0 aliphatic carbocycles. The number of aromatic nitrogens is 3. The van der Waals surface area contributed by atoms with E-state index in [-0.39, 0.29) is 0 Å². The minimum absolute atomic E-state index is 0.699. The third-order valence-corrected chi connectivity index (χ3v) is 6.60. The van der Waals surface area contributed by atoms with Crippen LogP contribution in [0.25, 0.3) is 21.8 Å². The predicted molar refractivity (Wildman–Crippen MR) is 142 cm³/mol. The highest BCUT2D eigenvalue weighted by Gasteiger charge is 2.19. The largest absolute Gasteiger partial charge is 0.384 e. The van der Waals surface area contributed by atoms with Crippen molar-refractivity contribution in [3.8, 4) is 0 Å². The van der Waals surface area contributed by atoms with Gasteiger partial charge >= 0.3 is 0 Å². The standard InChI is InChI=1S/C26H30ClN7/c1-2-33-14-16-34(17-15-33)26-31-23-7-4-3-6-21(23)25(32-26)30-12-5-11-28-22-10-13-29-24-18-19(27)8-9-20(22)24/h3-4,6-10,13,18H,2,5,11-12,14-17H2,1H3,(H,28,29)(H,30,31,32). The lowest BCUT2D eigenvalue weighted by molar-refractivity contribution is 0.270. The number of halogens is 1. The van der Waals surface area contributed by atoms with Crippen LogP contribution in [0, 0.1) is 0 Å². The van der Waals surface area contributed by atoms with Gasteiger partial charge in [0.1, 0.15) is 5.82 Å². The summed E-state index contributed by atoms with van der Waals surface area (Å²) in [7, 11) is 0. The summed E-state index contributed by atoms with van der Waals surface area (Å²) in [5.74, 6) is 1.72. The molecule has 1 fully saturated rings. The van der Waals surface area contributed by atoms with Gasteiger partial charge in [-0.3, -0.25) is 4.98 Å². The maximum Gasteiger partial charge on any atom is 0.227 e. The quantitative estimate of drug-likeness (QED) is 0.352. The molecule has 0 saturated carbocycles. The zero-order valence-electron chi connectivity index (χ0n) is 19.5. The highest BCUT2D eigenvalue weighted by molar-refractivity contribution is 6.31. The van der Waals surface area contributed by atoms with Crippen molar-refractivity contribution < 1.29 is 0 Å². The smallest absolute Gasteiger partial charge is 0.227 e. The fourth-order valence-electron chi connectivity index (χ4n) is 4.40. The molecule has 176 valence electrons. The van der Waals surface area contributed by atoms with E-state index in [9.17, 15) is 0 Å². The Morgan fingerprint density at radius 1 is 0.882 bits per heavy atom. The van der Waals surface area contributed by atoms with Crippen LogP contribution in [0.1, 0.15) is 13.3 Å². The summed E-state index contributed by atoms with van der Waals surface area (Å²) in [4.78, 5) is 19.0. The molecule has 2 N–H and O–H groups in total. The number of rotatable bonds is 8. The van der Waals surface area contributed by atoms with Crippen molar-refractivity contribution in [2.24, 2.45) is 0 Å². The van der Waals surface area contributed by atoms with Crippen LogP contribution < -0.4 is 15.5 Å². The Kier molecular flexibility index (Phi) is 6.92. The Bertz CT molecular complexity index is 1270. The van der Waals surface area contributed by atoms with Crippen molar-refractivity contribution in [2.45, 2.75) is 13.3 Å². The van der Waals surface area contributed by atoms with Crippen molar-refractivity contribution in [1.82, 2.24) is 19.9 Å². The molecule has 8 heteroatoms. The Morgan fingerprint density at radius 2 is 1.71 bits per heavy atom. The normalized spacial score (nSPS) is 14.6. The molecule has 7 nitrogen and oxygen atoms in total. The van der Waals surface area contributed by atoms with Crippen molar-refractivity contribution >= 4 is 50.9 Å². The summed E-state index contributed by atoms with van der Waals surface area (Å²) in [6.45, 7) is 8.98. The minimum Gasteiger partial charge on any atom is -0.384 e. The Balaban J connectivity index is 1.23. The lowest BCUT2D eigenvalue weighted by Gasteiger charge is -2.34. The Labute approximate surface area is 205 Å². The zero-order valence-corrected chi connectivity index (χ0v) is 20.2. The predicted octanol–water partition coefficient (Wildman–Crippen LogP) is 4.89. The van der Waals surface area contributed by atoms with E-state index < -0.39 is 0 Å². The van der Waals surface area contributed by atoms with E-state index >= 15 is 0 Å². The molecule has 2 aromatic heterocycles. The number of hydrogen-bond acceptors (Lipinski definition) is 7. The first kappa shape index (κ1) is 22.6. The number of hydrogen-bond donors (Lipinski definition) is 2. The van der Waals surface area contributed by atoms with Crippen LogP contribution in [0.3, 0.4) is 0 Å². The molecule has 1 aliphatic rings. The van der Waals surface area contributed by atoms with Gasteiger partial charge in [-0.1, -0.05) is 30.7 Å². The monoisotopic (exact) mass is 475 g/mol. The van der Waals surface area contributed by atoms with Crippen LogP contribution >= 0.6 is 11.6 Å². The lowest BCUT2D eigenvalue weighted by atomic mass is 10.2. The van der Waals surface area contributed by atoms with Crippen LogP contribution in [0.2, 0.25) is 5.02 Å². The molecule has 3 heterocycles. The fraction of sp³-hybridized carbons (Fsp3) is 0.346. The van der Waals surface area contributed by atoms with E-state index in [0.717, 1.165) is 91.5 Å². The second-order valence-electron chi connectivity index (χ2n) is 8.54. The van der Waals surface area contributed by atoms with E-state index in [4.69, 9.17) is 21.6 Å². The molecule has 0 spiro atoms. The zero-order chi connectivity index (χ0) is 23.3. The first-order valence-corrected chi connectivity index (χ1v) is 12.3. The van der Waals surface area contributed by atoms with Gasteiger partial charge in [0.25, 0.3) is 0 Å². The maximum atomic E-state index is 6.11. The van der Waals surface area contributed by atoms with Crippen LogP contribution in [0.15, 0.2) is 54.7 Å². The van der Waals surface area contributed by atoms with Crippen LogP contribution in [-0.4, -0.2) is 65.7 Å². The van der Waals surface area contributed by atoms with Gasteiger partial charge in [-0.25, -0.2) is 4.98 Å². The van der Waals surface area contributed by atoms with Crippen molar-refractivity contribution in [3.05, 3.63) is 59.8 Å². The Hall–Kier alpha value is -3.16. The summed E-state index contributed by atoms with van der Waals surface area (Å²) in [6.07, 6.45) is 2.76. The molecule has 0 bridgehead atoms. The topological polar surface area (TPSA) is 69.2 Å². The first-order valence-electron chi connectivity index (χ1n) is 12.0. The van der Waals surface area contributed by atoms with E-state index in [1.165, 1.54) is 0 Å². The summed E-state index contributed by atoms with van der Waals surface area (Å²) in [6, 6.07) is 16.0. The molecule has 2 aromatic carbocycles. The molecule has 1 aliphatic heterocycles. The van der Waals surface area contributed by atoms with Crippen molar-refractivity contribution in [3.63, 3.8) is 0 Å². The van der Waals surface area contributed by atoms with E-state index in [0.29, 0.717) is 5.02 Å². The second kappa shape index (κ2) is 10.4. The van der Waals surface area contributed by atoms with E-state index in [1.807, 2.05) is 42.6 Å². The molecular formula is C26H30ClN7. The molecule has 0 unspecified atom stereocenters. The van der Waals surface area contributed by atoms with Crippen LogP contribution in [0.4, 0.5) is 17.5 Å². The highest BCUT2D eigenvalue weighted by atomic mass is 35.5. The molecule has 34 heavy (non-hydrogen) atoms. The molecule has 0 atom stereocenters. The third-order valence-electron chi connectivity index (χ3n) is 6.36. The van der Waals surface area contributed by atoms with Crippen molar-refractivity contribution in [2.75, 3.05) is 61.3 Å². The van der Waals surface area contributed by atoms with Gasteiger partial charge in [0.15, 0.2) is 0 Å². The number of nitrogens with zero attached hydrogens (tertiary/aromatic N) is 5. The number of para-hydroxylation sites is 1. The van der Waals surface area contributed by atoms with Gasteiger partial charge in [-0.2, -0.15) is 4.98 Å². The van der Waals surface area contributed by atoms with E-state index in [1.54, 1.807) is 0 Å². The van der Waals surface area contributed by atoms with Crippen LogP contribution in [0.5, 0.6) is 0 Å². The van der Waals surface area contributed by atoms with Gasteiger partial charge in [0.05, 0.1) is 11.0 Å². The third kappa shape index (κ3) is 5.00. The second-order valence-corrected chi connectivity index (χ2v) is 8.97. The molecule has 0 radical (unpaired) electrons. The van der Waals surface area contributed by atoms with Gasteiger partial charge in [-0.05, 0) is 49.4 Å². The Morgan fingerprint density at radius 3 is 2.56 bits per heavy atom. The fourth-order valence-corrected chi connectivity index (χ4v) is 4.56. The highest BCUT2D eigenvalue weighted by Crippen LogP contribution is 2.25. The lowest BCUT2D eigenvalue weighted by Crippen LogP contribution is -2.46. The number of pyridine rings is 1. The molecule has 4 aromatic rings. The van der Waals surface area contributed by atoms with Gasteiger partial charge < -0.3 is 20.4 Å². The molecule has 1 saturated heterocycles. The molecular weight excluding hydrogens is 446 g/mol. The summed E-state index contributed by atoms with van der Waals surface area (Å²) in [5.41, 5.74) is 2.95. The van der Waals surface area contributed by atoms with Crippen LogP contribution in [-0.2, 0) is 0 Å². The van der Waals surface area contributed by atoms with Gasteiger partial charge in [-0.15, -0.1) is 0 Å². The number of benzene rings is 2. The average molecular weight is 476 g/mol. The number of nitrogens with one attached hydrogen (secondary N) is 2. The number of anilines is 3. The average Bonchev–Trinajstić information content (AvgIpc) is 2.88. The number of likely N-dealkylation sites (N-methyl/N-ethyl adjacent to an activating group) is 1. The first-order chi connectivity index (χ1) is 16.7. The SMILES string of the molecule is CCN1CCN(c2nc(NCCCNc3ccnc4cc(Cl)ccc34)c3ccccc3n2)CC1. The summed E-state index contributed by atoms with van der Waals surface area (Å²) >= 11 is 6.11.